The highest BCUT2D eigenvalue weighted by molar-refractivity contribution is 5.30. The Hall–Kier alpha value is -3.04. The van der Waals surface area contributed by atoms with Crippen LogP contribution in [0.25, 0.3) is 0 Å². The van der Waals surface area contributed by atoms with Crippen molar-refractivity contribution in [2.45, 2.75) is 0 Å². The minimum absolute atomic E-state index is 0.455. The van der Waals surface area contributed by atoms with Crippen molar-refractivity contribution in [1.29, 1.82) is 0 Å². The molecule has 0 aromatic heterocycles. The van der Waals surface area contributed by atoms with E-state index in [2.05, 4.69) is 0 Å². The van der Waals surface area contributed by atoms with Crippen molar-refractivity contribution in [3.05, 3.63) is 79.9 Å². The van der Waals surface area contributed by atoms with Crippen LogP contribution in [0.1, 0.15) is 0 Å². The van der Waals surface area contributed by atoms with E-state index in [-0.39, 0.29) is 0 Å². The van der Waals surface area contributed by atoms with Crippen LogP contribution in [0.5, 0.6) is 0 Å². The average molecular weight is 318 g/mol. The maximum absolute atomic E-state index is 12.3. The van der Waals surface area contributed by atoms with Crippen molar-refractivity contribution < 1.29 is 27.4 Å². The summed E-state index contributed by atoms with van der Waals surface area (Å²) in [6, 6.07) is 4.31. The Morgan fingerprint density at radius 3 is 1.18 bits per heavy atom. The van der Waals surface area contributed by atoms with Gasteiger partial charge in [0.2, 0.25) is 0 Å². The average Bonchev–Trinajstić information content (AvgIpc) is 2.45. The Morgan fingerprint density at radius 1 is 0.636 bits per heavy atom. The Kier molecular flexibility index (Phi) is 5.50. The van der Waals surface area contributed by atoms with E-state index in [1.807, 2.05) is 0 Å². The highest BCUT2D eigenvalue weighted by atomic mass is 19.2. The second-order valence-electron chi connectivity index (χ2n) is 3.71. The third-order valence-electron chi connectivity index (χ3n) is 2.23. The summed E-state index contributed by atoms with van der Waals surface area (Å²) in [7, 11) is 0. The van der Waals surface area contributed by atoms with Crippen molar-refractivity contribution in [2.75, 3.05) is 0 Å². The summed E-state index contributed by atoms with van der Waals surface area (Å²) in [5, 5.41) is 20.0. The highest BCUT2D eigenvalue weighted by Gasteiger charge is 2.10. The lowest BCUT2D eigenvalue weighted by atomic mass is 10.3. The minimum atomic E-state index is -1.21. The number of nitrogens with zero attached hydrogens (tertiary/aromatic N) is 2. The first-order chi connectivity index (χ1) is 10.2. The van der Waals surface area contributed by atoms with Crippen LogP contribution in [-0.2, 0) is 0 Å². The van der Waals surface area contributed by atoms with Crippen LogP contribution in [0.2, 0.25) is 0 Å². The molecular weight excluding hydrogens is 312 g/mol. The zero-order valence-corrected chi connectivity index (χ0v) is 10.5. The highest BCUT2D eigenvalue weighted by Crippen LogP contribution is 2.15. The number of nitro groups is 2. The third kappa shape index (κ3) is 4.51. The molecule has 0 aliphatic heterocycles. The van der Waals surface area contributed by atoms with E-state index < -0.39 is 44.5 Å². The van der Waals surface area contributed by atoms with Gasteiger partial charge in [-0.3, -0.25) is 20.2 Å². The molecule has 0 heterocycles. The van der Waals surface area contributed by atoms with Gasteiger partial charge in [-0.1, -0.05) is 0 Å². The van der Waals surface area contributed by atoms with E-state index in [1.165, 1.54) is 0 Å². The molecule has 116 valence electrons. The van der Waals surface area contributed by atoms with E-state index in [4.69, 9.17) is 0 Å². The van der Waals surface area contributed by atoms with Gasteiger partial charge in [-0.25, -0.2) is 17.6 Å². The van der Waals surface area contributed by atoms with Crippen LogP contribution in [-0.4, -0.2) is 9.85 Å². The van der Waals surface area contributed by atoms with E-state index in [9.17, 15) is 37.8 Å². The number of rotatable bonds is 2. The number of hydrogen-bond donors (Lipinski definition) is 0. The zero-order valence-electron chi connectivity index (χ0n) is 10.5. The molecule has 0 saturated heterocycles. The molecule has 2 rings (SSSR count). The summed E-state index contributed by atoms with van der Waals surface area (Å²) < 4.78 is 48.8. The van der Waals surface area contributed by atoms with Crippen LogP contribution in [0, 0.1) is 43.5 Å². The van der Waals surface area contributed by atoms with Crippen LogP contribution in [0.4, 0.5) is 28.9 Å². The van der Waals surface area contributed by atoms with Gasteiger partial charge in [0.05, 0.1) is 22.0 Å². The number of halogens is 4. The molecule has 0 atom stereocenters. The summed E-state index contributed by atoms with van der Waals surface area (Å²) in [6.45, 7) is 0. The molecule has 0 N–H and O–H groups in total. The predicted molar refractivity (Wildman–Crippen MR) is 66.0 cm³/mol. The van der Waals surface area contributed by atoms with Gasteiger partial charge in [-0.2, -0.15) is 0 Å². The van der Waals surface area contributed by atoms with Gasteiger partial charge >= 0.3 is 0 Å². The molecule has 0 aliphatic rings. The van der Waals surface area contributed by atoms with Crippen molar-refractivity contribution in [3.8, 4) is 0 Å². The quantitative estimate of drug-likeness (QED) is 0.479. The van der Waals surface area contributed by atoms with E-state index in [0.717, 1.165) is 12.1 Å². The molecular formula is C12H6F4N2O4. The topological polar surface area (TPSA) is 86.3 Å². The number of benzene rings is 2. The summed E-state index contributed by atoms with van der Waals surface area (Å²) in [5.74, 6) is -4.59. The first-order valence-electron chi connectivity index (χ1n) is 5.41. The fraction of sp³-hybridized carbons (Fsp3) is 0. The van der Waals surface area contributed by atoms with Gasteiger partial charge < -0.3 is 0 Å². The second kappa shape index (κ2) is 7.11. The summed E-state index contributed by atoms with van der Waals surface area (Å²) >= 11 is 0. The van der Waals surface area contributed by atoms with Crippen molar-refractivity contribution in [1.82, 2.24) is 0 Å². The standard InChI is InChI=1S/2C6H3F2NO2/c2*7-5-2-1-4(9(10)11)3-6(5)8/h2*1-3H. The molecule has 22 heavy (non-hydrogen) atoms. The number of hydrogen-bond acceptors (Lipinski definition) is 4. The molecule has 10 heteroatoms. The molecule has 6 nitrogen and oxygen atoms in total. The Bertz CT molecular complexity index is 663. The molecule has 0 unspecified atom stereocenters. The first kappa shape index (κ1) is 17.0. The largest absolute Gasteiger partial charge is 0.272 e. The SMILES string of the molecule is O=[N+]([O-])c1ccc(F)c(F)c1.O=[N+]([O-])c1ccc(F)c(F)c1. The molecule has 0 saturated carbocycles. The monoisotopic (exact) mass is 318 g/mol. The molecule has 0 aliphatic carbocycles. The van der Waals surface area contributed by atoms with Gasteiger partial charge in [0.25, 0.3) is 11.4 Å². The van der Waals surface area contributed by atoms with Gasteiger partial charge in [0, 0.05) is 12.1 Å². The summed E-state index contributed by atoms with van der Waals surface area (Å²) in [5.41, 5.74) is -0.909. The predicted octanol–water partition coefficient (Wildman–Crippen LogP) is 3.75. The maximum Gasteiger partial charge on any atom is 0.272 e. The number of non-ortho nitro benzene ring substituents is 2. The van der Waals surface area contributed by atoms with E-state index in [0.29, 0.717) is 24.3 Å². The van der Waals surface area contributed by atoms with Crippen LogP contribution >= 0.6 is 0 Å². The molecule has 2 aromatic carbocycles. The second-order valence-corrected chi connectivity index (χ2v) is 3.71. The lowest BCUT2D eigenvalue weighted by Crippen LogP contribution is -1.90. The Labute approximate surface area is 119 Å². The fourth-order valence-electron chi connectivity index (χ4n) is 1.20. The fourth-order valence-corrected chi connectivity index (χ4v) is 1.20. The minimum Gasteiger partial charge on any atom is -0.258 e. The molecule has 0 spiro atoms. The van der Waals surface area contributed by atoms with Crippen LogP contribution < -0.4 is 0 Å². The lowest BCUT2D eigenvalue weighted by Gasteiger charge is -1.91. The van der Waals surface area contributed by atoms with Gasteiger partial charge in [0.15, 0.2) is 23.3 Å². The summed E-state index contributed by atoms with van der Waals surface area (Å²) in [6.07, 6.45) is 0. The third-order valence-corrected chi connectivity index (χ3v) is 2.23. The Morgan fingerprint density at radius 2 is 0.955 bits per heavy atom. The normalized spacial score (nSPS) is 9.64. The maximum atomic E-state index is 12.3. The summed E-state index contributed by atoms with van der Waals surface area (Å²) in [4.78, 5) is 18.4. The molecule has 0 amide bonds. The smallest absolute Gasteiger partial charge is 0.258 e. The Balaban J connectivity index is 0.000000220. The molecule has 0 radical (unpaired) electrons. The van der Waals surface area contributed by atoms with E-state index in [1.54, 1.807) is 0 Å². The zero-order chi connectivity index (χ0) is 16.9. The van der Waals surface area contributed by atoms with Crippen molar-refractivity contribution >= 4 is 11.4 Å². The van der Waals surface area contributed by atoms with Crippen LogP contribution in [0.3, 0.4) is 0 Å². The first-order valence-corrected chi connectivity index (χ1v) is 5.41. The van der Waals surface area contributed by atoms with Gasteiger partial charge in [-0.15, -0.1) is 0 Å². The molecule has 0 fully saturated rings. The van der Waals surface area contributed by atoms with E-state index >= 15 is 0 Å². The number of nitro benzene ring substituents is 2. The lowest BCUT2D eigenvalue weighted by molar-refractivity contribution is -0.385. The van der Waals surface area contributed by atoms with Crippen molar-refractivity contribution in [3.63, 3.8) is 0 Å². The molecule has 2 aromatic rings. The van der Waals surface area contributed by atoms with Crippen molar-refractivity contribution in [2.24, 2.45) is 0 Å². The van der Waals surface area contributed by atoms with Crippen LogP contribution in [0.15, 0.2) is 36.4 Å². The molecule has 0 bridgehead atoms. The van der Waals surface area contributed by atoms with Gasteiger partial charge in [0.1, 0.15) is 0 Å². The van der Waals surface area contributed by atoms with Gasteiger partial charge in [-0.05, 0) is 12.1 Å².